The van der Waals surface area contributed by atoms with Gasteiger partial charge >= 0.3 is 0 Å². The molecule has 0 spiro atoms. The fraction of sp³-hybridized carbons (Fsp3) is 0.533. The van der Waals surface area contributed by atoms with Crippen LogP contribution >= 0.6 is 0 Å². The van der Waals surface area contributed by atoms with Crippen molar-refractivity contribution in [2.24, 2.45) is 5.92 Å². The number of nitrogens with one attached hydrogen (secondary N) is 1. The minimum Gasteiger partial charge on any atom is -0.326 e. The van der Waals surface area contributed by atoms with Crippen LogP contribution in [0.25, 0.3) is 0 Å². The van der Waals surface area contributed by atoms with E-state index < -0.39 is 9.84 Å². The maximum absolute atomic E-state index is 12.1. The Balaban J connectivity index is 1.95. The predicted octanol–water partition coefficient (Wildman–Crippen LogP) is 2.40. The Morgan fingerprint density at radius 2 is 2.10 bits per heavy atom. The molecule has 1 aliphatic rings. The van der Waals surface area contributed by atoms with Gasteiger partial charge in [-0.05, 0) is 36.8 Å². The first kappa shape index (κ1) is 15.0. The molecule has 0 saturated carbocycles. The van der Waals surface area contributed by atoms with Crippen molar-refractivity contribution in [3.63, 3.8) is 0 Å². The van der Waals surface area contributed by atoms with Crippen LogP contribution in [0.15, 0.2) is 24.3 Å². The molecule has 1 fully saturated rings. The number of hydrogen-bond acceptors (Lipinski definition) is 3. The lowest BCUT2D eigenvalue weighted by atomic mass is 10.0. The minimum atomic E-state index is -2.94. The minimum absolute atomic E-state index is 0.0393. The number of para-hydroxylation sites is 1. The second kappa shape index (κ2) is 6.39. The fourth-order valence-electron chi connectivity index (χ4n) is 2.69. The van der Waals surface area contributed by atoms with Crippen LogP contribution in [0.2, 0.25) is 0 Å². The van der Waals surface area contributed by atoms with Crippen molar-refractivity contribution in [3.8, 4) is 0 Å². The summed E-state index contributed by atoms with van der Waals surface area (Å²) >= 11 is 0. The normalized spacial score (nSPS) is 21.4. The molecule has 110 valence electrons. The summed E-state index contributed by atoms with van der Waals surface area (Å²) < 4.78 is 23.1. The van der Waals surface area contributed by atoms with Crippen LogP contribution in [0.3, 0.4) is 0 Å². The van der Waals surface area contributed by atoms with Gasteiger partial charge in [0.05, 0.1) is 11.5 Å². The molecule has 1 amide bonds. The van der Waals surface area contributed by atoms with Gasteiger partial charge in [0.25, 0.3) is 0 Å². The number of hydrogen-bond donors (Lipinski definition) is 1. The van der Waals surface area contributed by atoms with Gasteiger partial charge in [0.2, 0.25) is 5.91 Å². The van der Waals surface area contributed by atoms with E-state index in [4.69, 9.17) is 0 Å². The van der Waals surface area contributed by atoms with Gasteiger partial charge in [-0.2, -0.15) is 0 Å². The quantitative estimate of drug-likeness (QED) is 0.927. The molecule has 1 saturated heterocycles. The monoisotopic (exact) mass is 295 g/mol. The third-order valence-corrected chi connectivity index (χ3v) is 5.59. The third-order valence-electron chi connectivity index (χ3n) is 3.70. The van der Waals surface area contributed by atoms with Crippen molar-refractivity contribution in [2.75, 3.05) is 16.8 Å². The molecule has 1 aromatic rings. The Kier molecular flexibility index (Phi) is 4.81. The average molecular weight is 295 g/mol. The highest BCUT2D eigenvalue weighted by Gasteiger charge is 2.26. The number of carbonyl (C=O) groups excluding carboxylic acids is 1. The first-order valence-electron chi connectivity index (χ1n) is 7.08. The molecule has 5 heteroatoms. The zero-order valence-corrected chi connectivity index (χ0v) is 12.6. The van der Waals surface area contributed by atoms with Gasteiger partial charge in [0.1, 0.15) is 0 Å². The van der Waals surface area contributed by atoms with Crippen LogP contribution in [-0.4, -0.2) is 25.8 Å². The summed E-state index contributed by atoms with van der Waals surface area (Å²) in [5, 5.41) is 2.90. The zero-order valence-electron chi connectivity index (χ0n) is 11.8. The summed E-state index contributed by atoms with van der Waals surface area (Å²) in [5.74, 6) is 0.287. The second-order valence-electron chi connectivity index (χ2n) is 5.39. The van der Waals surface area contributed by atoms with Gasteiger partial charge in [-0.25, -0.2) is 8.42 Å². The molecular weight excluding hydrogens is 274 g/mol. The molecule has 0 aliphatic carbocycles. The lowest BCUT2D eigenvalue weighted by molar-refractivity contribution is -0.117. The summed E-state index contributed by atoms with van der Waals surface area (Å²) in [7, 11) is -2.94. The number of anilines is 1. The second-order valence-corrected chi connectivity index (χ2v) is 7.61. The number of benzene rings is 1. The molecule has 20 heavy (non-hydrogen) atoms. The highest BCUT2D eigenvalue weighted by atomic mass is 32.2. The molecule has 1 aliphatic heterocycles. The standard InChI is InChI=1S/C15H21NO3S/c1-2-13-7-3-4-8-14(13)16-15(17)10-12-6-5-9-20(18,19)11-12/h3-4,7-8,12H,2,5-6,9-11H2,1H3,(H,16,17). The van der Waals surface area contributed by atoms with Crippen molar-refractivity contribution in [1.82, 2.24) is 0 Å². The molecule has 1 N–H and O–H groups in total. The lowest BCUT2D eigenvalue weighted by Gasteiger charge is -2.21. The van der Waals surface area contributed by atoms with Gasteiger partial charge < -0.3 is 5.32 Å². The SMILES string of the molecule is CCc1ccccc1NC(=O)CC1CCCS(=O)(=O)C1. The van der Waals surface area contributed by atoms with Crippen molar-refractivity contribution < 1.29 is 13.2 Å². The van der Waals surface area contributed by atoms with Gasteiger partial charge in [-0.3, -0.25) is 4.79 Å². The van der Waals surface area contributed by atoms with Crippen molar-refractivity contribution in [2.45, 2.75) is 32.6 Å². The Hall–Kier alpha value is -1.36. The molecular formula is C15H21NO3S. The van der Waals surface area contributed by atoms with Crippen LogP contribution in [-0.2, 0) is 21.1 Å². The maximum Gasteiger partial charge on any atom is 0.224 e. The molecule has 1 atom stereocenters. The molecule has 1 heterocycles. The van der Waals surface area contributed by atoms with Crippen LogP contribution in [0.4, 0.5) is 5.69 Å². The molecule has 0 bridgehead atoms. The number of carbonyl (C=O) groups is 1. The van der Waals surface area contributed by atoms with Crippen molar-refractivity contribution in [1.29, 1.82) is 0 Å². The highest BCUT2D eigenvalue weighted by Crippen LogP contribution is 2.22. The van der Waals surface area contributed by atoms with Crippen LogP contribution in [0.5, 0.6) is 0 Å². The number of sulfone groups is 1. The van der Waals surface area contributed by atoms with Crippen molar-refractivity contribution in [3.05, 3.63) is 29.8 Å². The van der Waals surface area contributed by atoms with E-state index in [1.165, 1.54) is 0 Å². The van der Waals surface area contributed by atoms with E-state index in [0.29, 0.717) is 6.42 Å². The molecule has 4 nitrogen and oxygen atoms in total. The molecule has 0 radical (unpaired) electrons. The van der Waals surface area contributed by atoms with Gasteiger partial charge in [0, 0.05) is 12.1 Å². The number of rotatable bonds is 4. The highest BCUT2D eigenvalue weighted by molar-refractivity contribution is 7.91. The first-order chi connectivity index (χ1) is 9.50. The van der Waals surface area contributed by atoms with E-state index in [1.54, 1.807) is 0 Å². The van der Waals surface area contributed by atoms with E-state index in [9.17, 15) is 13.2 Å². The molecule has 2 rings (SSSR count). The first-order valence-corrected chi connectivity index (χ1v) is 8.90. The Morgan fingerprint density at radius 3 is 2.80 bits per heavy atom. The van der Waals surface area contributed by atoms with E-state index >= 15 is 0 Å². The Morgan fingerprint density at radius 1 is 1.35 bits per heavy atom. The average Bonchev–Trinajstić information content (AvgIpc) is 2.38. The molecule has 1 aromatic carbocycles. The van der Waals surface area contributed by atoms with Gasteiger partial charge in [-0.15, -0.1) is 0 Å². The van der Waals surface area contributed by atoms with Crippen molar-refractivity contribution >= 4 is 21.4 Å². The summed E-state index contributed by atoms with van der Waals surface area (Å²) in [5.41, 5.74) is 1.93. The molecule has 1 unspecified atom stereocenters. The largest absolute Gasteiger partial charge is 0.326 e. The van der Waals surface area contributed by atoms with E-state index in [1.807, 2.05) is 31.2 Å². The summed E-state index contributed by atoms with van der Waals surface area (Å²) in [4.78, 5) is 12.1. The number of aryl methyl sites for hydroxylation is 1. The summed E-state index contributed by atoms with van der Waals surface area (Å²) in [6, 6.07) is 7.71. The van der Waals surface area contributed by atoms with Crippen LogP contribution < -0.4 is 5.32 Å². The zero-order chi connectivity index (χ0) is 14.6. The Labute approximate surface area is 120 Å². The van der Waals surface area contributed by atoms with Crippen LogP contribution in [0, 0.1) is 5.92 Å². The van der Waals surface area contributed by atoms with Gasteiger partial charge in [-0.1, -0.05) is 25.1 Å². The maximum atomic E-state index is 12.1. The van der Waals surface area contributed by atoms with Crippen LogP contribution in [0.1, 0.15) is 31.7 Å². The van der Waals surface area contributed by atoms with E-state index in [2.05, 4.69) is 5.32 Å². The fourth-order valence-corrected chi connectivity index (χ4v) is 4.47. The van der Waals surface area contributed by atoms with Gasteiger partial charge in [0.15, 0.2) is 9.84 Å². The van der Waals surface area contributed by atoms with E-state index in [-0.39, 0.29) is 29.8 Å². The van der Waals surface area contributed by atoms with E-state index in [0.717, 1.165) is 24.1 Å². The summed E-state index contributed by atoms with van der Waals surface area (Å²) in [6.07, 6.45) is 2.64. The molecule has 0 aromatic heterocycles. The lowest BCUT2D eigenvalue weighted by Crippen LogP contribution is -2.28. The summed E-state index contributed by atoms with van der Waals surface area (Å²) in [6.45, 7) is 2.04. The topological polar surface area (TPSA) is 63.2 Å². The Bertz CT molecular complexity index is 581. The third kappa shape index (κ3) is 4.07. The number of amides is 1. The smallest absolute Gasteiger partial charge is 0.224 e. The predicted molar refractivity (Wildman–Crippen MR) is 80.4 cm³/mol.